The van der Waals surface area contributed by atoms with Gasteiger partial charge in [-0.25, -0.2) is 13.2 Å². The van der Waals surface area contributed by atoms with E-state index in [0.717, 1.165) is 4.31 Å². The van der Waals surface area contributed by atoms with Gasteiger partial charge in [0.1, 0.15) is 6.29 Å². The van der Waals surface area contributed by atoms with Gasteiger partial charge < -0.3 is 9.90 Å². The van der Waals surface area contributed by atoms with Crippen LogP contribution in [0.3, 0.4) is 0 Å². The first-order chi connectivity index (χ1) is 7.91. The van der Waals surface area contributed by atoms with Crippen LogP contribution < -0.4 is 0 Å². The molecule has 0 saturated carbocycles. The van der Waals surface area contributed by atoms with E-state index in [1.54, 1.807) is 0 Å². The van der Waals surface area contributed by atoms with Crippen molar-refractivity contribution in [1.29, 1.82) is 0 Å². The molecule has 7 heteroatoms. The Morgan fingerprint density at radius 2 is 2.00 bits per heavy atom. The van der Waals surface area contributed by atoms with Crippen LogP contribution in [-0.4, -0.2) is 43.7 Å². The number of likely N-dealkylation sites (N-methyl/N-ethyl adjacent to an activating group) is 1. The van der Waals surface area contributed by atoms with Gasteiger partial charge in [0.15, 0.2) is 0 Å². The quantitative estimate of drug-likeness (QED) is 0.761. The minimum absolute atomic E-state index is 0.315. The second-order valence-corrected chi connectivity index (χ2v) is 5.27. The minimum atomic E-state index is -3.96. The molecule has 0 aliphatic rings. The van der Waals surface area contributed by atoms with Crippen molar-refractivity contribution in [2.45, 2.75) is 4.90 Å². The number of hydrogen-bond acceptors (Lipinski definition) is 4. The SMILES string of the molecule is CN(CC=O)S(=O)(=O)c1ccccc1C(=O)O. The van der Waals surface area contributed by atoms with Crippen LogP contribution in [0, 0.1) is 0 Å². The van der Waals surface area contributed by atoms with E-state index in [1.165, 1.54) is 31.3 Å². The molecule has 0 saturated heterocycles. The Balaban J connectivity index is 3.33. The van der Waals surface area contributed by atoms with Crippen molar-refractivity contribution in [2.24, 2.45) is 0 Å². The van der Waals surface area contributed by atoms with E-state index >= 15 is 0 Å². The van der Waals surface area contributed by atoms with Crippen LogP contribution in [0.1, 0.15) is 10.4 Å². The fourth-order valence-electron chi connectivity index (χ4n) is 1.24. The fraction of sp³-hybridized carbons (Fsp3) is 0.200. The van der Waals surface area contributed by atoms with Gasteiger partial charge >= 0.3 is 5.97 Å². The summed E-state index contributed by atoms with van der Waals surface area (Å²) in [6, 6.07) is 5.25. The van der Waals surface area contributed by atoms with Gasteiger partial charge in [-0.1, -0.05) is 12.1 Å². The van der Waals surface area contributed by atoms with Crippen LogP contribution in [-0.2, 0) is 14.8 Å². The molecule has 1 aromatic rings. The van der Waals surface area contributed by atoms with E-state index in [2.05, 4.69) is 0 Å². The number of aldehydes is 1. The van der Waals surface area contributed by atoms with Gasteiger partial charge in [0.25, 0.3) is 0 Å². The highest BCUT2D eigenvalue weighted by Crippen LogP contribution is 2.18. The average Bonchev–Trinajstić information content (AvgIpc) is 2.29. The fourth-order valence-corrected chi connectivity index (χ4v) is 2.52. The van der Waals surface area contributed by atoms with E-state index in [0.29, 0.717) is 6.29 Å². The maximum absolute atomic E-state index is 12.0. The average molecular weight is 257 g/mol. The molecular formula is C10H11NO5S. The summed E-state index contributed by atoms with van der Waals surface area (Å²) in [5.41, 5.74) is -0.315. The number of carboxylic acid groups (broad SMARTS) is 1. The molecule has 0 heterocycles. The largest absolute Gasteiger partial charge is 0.478 e. The Morgan fingerprint density at radius 3 is 2.53 bits per heavy atom. The number of benzene rings is 1. The van der Waals surface area contributed by atoms with Crippen LogP contribution in [0.15, 0.2) is 29.2 Å². The summed E-state index contributed by atoms with van der Waals surface area (Å²) < 4.78 is 24.7. The lowest BCUT2D eigenvalue weighted by Gasteiger charge is -2.15. The number of nitrogens with zero attached hydrogens (tertiary/aromatic N) is 1. The summed E-state index contributed by atoms with van der Waals surface area (Å²) in [6.07, 6.45) is 0.431. The summed E-state index contributed by atoms with van der Waals surface area (Å²) in [4.78, 5) is 20.9. The zero-order valence-electron chi connectivity index (χ0n) is 9.03. The molecule has 92 valence electrons. The molecular weight excluding hydrogens is 246 g/mol. The van der Waals surface area contributed by atoms with Gasteiger partial charge in [-0.15, -0.1) is 0 Å². The standard InChI is InChI=1S/C10H11NO5S/c1-11(6-7-12)17(15,16)9-5-3-2-4-8(9)10(13)14/h2-5,7H,6H2,1H3,(H,13,14). The van der Waals surface area contributed by atoms with Crippen molar-refractivity contribution < 1.29 is 23.1 Å². The monoisotopic (exact) mass is 257 g/mol. The molecule has 0 amide bonds. The number of sulfonamides is 1. The summed E-state index contributed by atoms with van der Waals surface area (Å²) in [6.45, 7) is -0.323. The first-order valence-electron chi connectivity index (χ1n) is 4.63. The molecule has 0 unspecified atom stereocenters. The molecule has 0 bridgehead atoms. The van der Waals surface area contributed by atoms with E-state index in [-0.39, 0.29) is 17.0 Å². The zero-order valence-corrected chi connectivity index (χ0v) is 9.85. The number of hydrogen-bond donors (Lipinski definition) is 1. The van der Waals surface area contributed by atoms with Crippen molar-refractivity contribution in [3.63, 3.8) is 0 Å². The molecule has 0 radical (unpaired) electrons. The van der Waals surface area contributed by atoms with E-state index in [9.17, 15) is 18.0 Å². The van der Waals surface area contributed by atoms with Gasteiger partial charge in [0.05, 0.1) is 17.0 Å². The van der Waals surface area contributed by atoms with Crippen molar-refractivity contribution >= 4 is 22.3 Å². The zero-order chi connectivity index (χ0) is 13.1. The summed E-state index contributed by atoms with van der Waals surface area (Å²) in [5.74, 6) is -1.33. The van der Waals surface area contributed by atoms with Gasteiger partial charge in [-0.05, 0) is 12.1 Å². The molecule has 0 aromatic heterocycles. The van der Waals surface area contributed by atoms with Crippen LogP contribution >= 0.6 is 0 Å². The first kappa shape index (κ1) is 13.3. The van der Waals surface area contributed by atoms with Crippen molar-refractivity contribution in [3.8, 4) is 0 Å². The number of rotatable bonds is 5. The lowest BCUT2D eigenvalue weighted by atomic mass is 10.2. The lowest BCUT2D eigenvalue weighted by Crippen LogP contribution is -2.29. The predicted molar refractivity (Wildman–Crippen MR) is 59.3 cm³/mol. The summed E-state index contributed by atoms with van der Waals surface area (Å²) in [7, 11) is -2.74. The smallest absolute Gasteiger partial charge is 0.337 e. The highest BCUT2D eigenvalue weighted by atomic mass is 32.2. The van der Waals surface area contributed by atoms with E-state index in [1.807, 2.05) is 0 Å². The molecule has 0 spiro atoms. The lowest BCUT2D eigenvalue weighted by molar-refractivity contribution is -0.107. The number of carbonyl (C=O) groups is 2. The number of carboxylic acids is 1. The first-order valence-corrected chi connectivity index (χ1v) is 6.07. The van der Waals surface area contributed by atoms with Crippen molar-refractivity contribution in [1.82, 2.24) is 4.31 Å². The Labute approximate surface area is 98.5 Å². The molecule has 1 N–H and O–H groups in total. The molecule has 17 heavy (non-hydrogen) atoms. The molecule has 0 aliphatic carbocycles. The minimum Gasteiger partial charge on any atom is -0.478 e. The van der Waals surface area contributed by atoms with Crippen LogP contribution in [0.4, 0.5) is 0 Å². The second kappa shape index (κ2) is 5.07. The highest BCUT2D eigenvalue weighted by molar-refractivity contribution is 7.89. The van der Waals surface area contributed by atoms with Crippen LogP contribution in [0.25, 0.3) is 0 Å². The normalized spacial score (nSPS) is 11.4. The van der Waals surface area contributed by atoms with Gasteiger partial charge in [0.2, 0.25) is 10.0 Å². The van der Waals surface area contributed by atoms with E-state index < -0.39 is 16.0 Å². The molecule has 6 nitrogen and oxygen atoms in total. The highest BCUT2D eigenvalue weighted by Gasteiger charge is 2.25. The summed E-state index contributed by atoms with van der Waals surface area (Å²) >= 11 is 0. The molecule has 0 atom stereocenters. The second-order valence-electron chi connectivity index (χ2n) is 3.25. The molecule has 1 rings (SSSR count). The van der Waals surface area contributed by atoms with Crippen LogP contribution in [0.5, 0.6) is 0 Å². The van der Waals surface area contributed by atoms with Gasteiger partial charge in [0, 0.05) is 7.05 Å². The maximum atomic E-state index is 12.0. The number of carbonyl (C=O) groups excluding carboxylic acids is 1. The molecule has 1 aromatic carbocycles. The third kappa shape index (κ3) is 2.69. The van der Waals surface area contributed by atoms with E-state index in [4.69, 9.17) is 5.11 Å². The third-order valence-corrected chi connectivity index (χ3v) is 4.02. The van der Waals surface area contributed by atoms with Crippen molar-refractivity contribution in [2.75, 3.05) is 13.6 Å². The van der Waals surface area contributed by atoms with Crippen LogP contribution in [0.2, 0.25) is 0 Å². The number of aromatic carboxylic acids is 1. The Kier molecular flexibility index (Phi) is 3.97. The molecule has 0 aliphatic heterocycles. The Morgan fingerprint density at radius 1 is 1.41 bits per heavy atom. The Bertz CT molecular complexity index is 537. The predicted octanol–water partition coefficient (Wildman–Crippen LogP) is 0.204. The van der Waals surface area contributed by atoms with Gasteiger partial charge in [-0.3, -0.25) is 0 Å². The summed E-state index contributed by atoms with van der Waals surface area (Å²) in [5, 5.41) is 8.89. The Hall–Kier alpha value is -1.73. The maximum Gasteiger partial charge on any atom is 0.337 e. The molecule has 0 fully saturated rings. The van der Waals surface area contributed by atoms with Crippen molar-refractivity contribution in [3.05, 3.63) is 29.8 Å². The topological polar surface area (TPSA) is 91.8 Å². The third-order valence-electron chi connectivity index (χ3n) is 2.14. The van der Waals surface area contributed by atoms with Gasteiger partial charge in [-0.2, -0.15) is 4.31 Å².